The summed E-state index contributed by atoms with van der Waals surface area (Å²) in [4.78, 5) is 22.9. The Balaban J connectivity index is 2.21. The smallest absolute Gasteiger partial charge is 0.335 e. The van der Waals surface area contributed by atoms with E-state index in [1.165, 1.54) is 39.2 Å². The lowest BCUT2D eigenvalue weighted by Gasteiger charge is -2.34. The lowest BCUT2D eigenvalue weighted by atomic mass is 9.98. The van der Waals surface area contributed by atoms with Crippen LogP contribution in [0.3, 0.4) is 0 Å². The van der Waals surface area contributed by atoms with Gasteiger partial charge in [0.25, 0.3) is 0 Å². The Bertz CT molecular complexity index is 410. The predicted octanol–water partition coefficient (Wildman–Crippen LogP) is 5.34. The second-order valence-corrected chi connectivity index (χ2v) is 7.73. The molecule has 1 saturated heterocycles. The Morgan fingerprint density at radius 2 is 1.44 bits per heavy atom. The van der Waals surface area contributed by atoms with E-state index in [0.29, 0.717) is 6.42 Å². The summed E-state index contributed by atoms with van der Waals surface area (Å²) in [5.74, 6) is -0.344. The molecule has 0 aromatic heterocycles. The molecule has 1 rings (SSSR count). The highest BCUT2D eigenvalue weighted by molar-refractivity contribution is 5.75. The molecule has 0 spiro atoms. The SMILES string of the molecule is CCCCCCCCC1OC(=O)C(C)OC1CCCCCCCC(=O)OC. The van der Waals surface area contributed by atoms with Crippen LogP contribution >= 0.6 is 0 Å². The first-order chi connectivity index (χ1) is 13.1. The van der Waals surface area contributed by atoms with Crippen molar-refractivity contribution < 1.29 is 23.8 Å². The minimum atomic E-state index is -0.448. The minimum Gasteiger partial charge on any atom is -0.469 e. The van der Waals surface area contributed by atoms with Crippen molar-refractivity contribution >= 4 is 11.9 Å². The van der Waals surface area contributed by atoms with Gasteiger partial charge >= 0.3 is 11.9 Å². The maximum Gasteiger partial charge on any atom is 0.335 e. The number of methoxy groups -OCH3 is 1. The van der Waals surface area contributed by atoms with Crippen LogP contribution in [0, 0.1) is 0 Å². The number of carbonyl (C=O) groups excluding carboxylic acids is 2. The van der Waals surface area contributed by atoms with Crippen molar-refractivity contribution in [2.24, 2.45) is 0 Å². The lowest BCUT2D eigenvalue weighted by Crippen LogP contribution is -2.45. The van der Waals surface area contributed by atoms with Gasteiger partial charge in [-0.25, -0.2) is 4.79 Å². The molecule has 0 N–H and O–H groups in total. The molecular weight excluding hydrogens is 344 g/mol. The standard InChI is InChI=1S/C22H40O5/c1-4-5-6-7-9-13-16-20-19(26-18(2)22(24)27-20)15-12-10-8-11-14-17-21(23)25-3/h18-20H,4-17H2,1-3H3. The first-order valence-electron chi connectivity index (χ1n) is 11.0. The van der Waals surface area contributed by atoms with Crippen molar-refractivity contribution in [3.05, 3.63) is 0 Å². The fourth-order valence-corrected chi connectivity index (χ4v) is 3.60. The van der Waals surface area contributed by atoms with Gasteiger partial charge in [0, 0.05) is 6.42 Å². The van der Waals surface area contributed by atoms with Gasteiger partial charge in [-0.15, -0.1) is 0 Å². The first-order valence-corrected chi connectivity index (χ1v) is 11.0. The quantitative estimate of drug-likeness (QED) is 0.282. The number of unbranched alkanes of at least 4 members (excludes halogenated alkanes) is 9. The van der Waals surface area contributed by atoms with Crippen molar-refractivity contribution in [2.75, 3.05) is 7.11 Å². The third-order valence-corrected chi connectivity index (χ3v) is 5.33. The van der Waals surface area contributed by atoms with E-state index < -0.39 is 6.10 Å². The van der Waals surface area contributed by atoms with E-state index in [2.05, 4.69) is 11.7 Å². The van der Waals surface area contributed by atoms with Crippen molar-refractivity contribution in [3.8, 4) is 0 Å². The normalized spacial score (nSPS) is 22.5. The van der Waals surface area contributed by atoms with Gasteiger partial charge in [-0.2, -0.15) is 0 Å². The van der Waals surface area contributed by atoms with Crippen molar-refractivity contribution in [1.29, 1.82) is 0 Å². The molecule has 0 bridgehead atoms. The Hall–Kier alpha value is -1.10. The summed E-state index contributed by atoms with van der Waals surface area (Å²) in [6.07, 6.45) is 14.5. The summed E-state index contributed by atoms with van der Waals surface area (Å²) in [7, 11) is 1.43. The summed E-state index contributed by atoms with van der Waals surface area (Å²) in [5, 5.41) is 0. The molecule has 3 unspecified atom stereocenters. The second kappa shape index (κ2) is 14.9. The van der Waals surface area contributed by atoms with Gasteiger partial charge in [0.15, 0.2) is 6.10 Å². The Morgan fingerprint density at radius 3 is 2.07 bits per heavy atom. The molecule has 5 nitrogen and oxygen atoms in total. The van der Waals surface area contributed by atoms with Gasteiger partial charge in [0.2, 0.25) is 0 Å². The van der Waals surface area contributed by atoms with E-state index in [1.807, 2.05) is 0 Å². The van der Waals surface area contributed by atoms with Crippen LogP contribution in [0.5, 0.6) is 0 Å². The molecule has 3 atom stereocenters. The maximum absolute atomic E-state index is 11.9. The summed E-state index contributed by atoms with van der Waals surface area (Å²) in [5.41, 5.74) is 0. The summed E-state index contributed by atoms with van der Waals surface area (Å²) < 4.78 is 16.3. The number of esters is 2. The predicted molar refractivity (Wildman–Crippen MR) is 107 cm³/mol. The Kier molecular flexibility index (Phi) is 13.2. The molecule has 1 heterocycles. The fraction of sp³-hybridized carbons (Fsp3) is 0.909. The van der Waals surface area contributed by atoms with Crippen LogP contribution < -0.4 is 0 Å². The van der Waals surface area contributed by atoms with Crippen LogP contribution in [0.15, 0.2) is 0 Å². The van der Waals surface area contributed by atoms with E-state index in [1.54, 1.807) is 6.92 Å². The van der Waals surface area contributed by atoms with Crippen molar-refractivity contribution in [1.82, 2.24) is 0 Å². The van der Waals surface area contributed by atoms with Crippen LogP contribution in [-0.4, -0.2) is 37.4 Å². The Labute approximate surface area is 165 Å². The molecule has 1 aliphatic heterocycles. The monoisotopic (exact) mass is 384 g/mol. The molecule has 1 fully saturated rings. The van der Waals surface area contributed by atoms with E-state index in [-0.39, 0.29) is 24.1 Å². The van der Waals surface area contributed by atoms with E-state index in [4.69, 9.17) is 9.47 Å². The average molecular weight is 385 g/mol. The number of ether oxygens (including phenoxy) is 3. The van der Waals surface area contributed by atoms with Crippen molar-refractivity contribution in [3.63, 3.8) is 0 Å². The van der Waals surface area contributed by atoms with Crippen LogP contribution in [-0.2, 0) is 23.8 Å². The molecule has 5 heteroatoms. The van der Waals surface area contributed by atoms with Crippen LogP contribution in [0.1, 0.15) is 104 Å². The van der Waals surface area contributed by atoms with Crippen LogP contribution in [0.2, 0.25) is 0 Å². The first kappa shape index (κ1) is 23.9. The van der Waals surface area contributed by atoms with Gasteiger partial charge in [0.05, 0.1) is 13.2 Å². The van der Waals surface area contributed by atoms with Gasteiger partial charge in [-0.3, -0.25) is 4.79 Å². The summed E-state index contributed by atoms with van der Waals surface area (Å²) >= 11 is 0. The molecule has 0 radical (unpaired) electrons. The van der Waals surface area contributed by atoms with E-state index in [0.717, 1.165) is 51.4 Å². The van der Waals surface area contributed by atoms with Crippen molar-refractivity contribution in [2.45, 2.75) is 122 Å². The van der Waals surface area contributed by atoms with Crippen LogP contribution in [0.25, 0.3) is 0 Å². The zero-order valence-corrected chi connectivity index (χ0v) is 17.7. The third-order valence-electron chi connectivity index (χ3n) is 5.33. The van der Waals surface area contributed by atoms with E-state index >= 15 is 0 Å². The van der Waals surface area contributed by atoms with Gasteiger partial charge in [-0.05, 0) is 32.6 Å². The highest BCUT2D eigenvalue weighted by Gasteiger charge is 2.35. The number of carbonyl (C=O) groups is 2. The lowest BCUT2D eigenvalue weighted by molar-refractivity contribution is -0.199. The zero-order valence-electron chi connectivity index (χ0n) is 17.7. The Morgan fingerprint density at radius 1 is 0.889 bits per heavy atom. The topological polar surface area (TPSA) is 61.8 Å². The maximum atomic E-state index is 11.9. The molecular formula is C22H40O5. The fourth-order valence-electron chi connectivity index (χ4n) is 3.60. The summed E-state index contributed by atoms with van der Waals surface area (Å²) in [6, 6.07) is 0. The molecule has 0 aromatic rings. The highest BCUT2D eigenvalue weighted by Crippen LogP contribution is 2.25. The molecule has 0 amide bonds. The second-order valence-electron chi connectivity index (χ2n) is 7.73. The number of cyclic esters (lactones) is 1. The van der Waals surface area contributed by atoms with Gasteiger partial charge in [0.1, 0.15) is 6.10 Å². The summed E-state index contributed by atoms with van der Waals surface area (Å²) in [6.45, 7) is 4.01. The molecule has 0 saturated carbocycles. The molecule has 0 aliphatic carbocycles. The largest absolute Gasteiger partial charge is 0.469 e. The average Bonchev–Trinajstić information content (AvgIpc) is 2.66. The third kappa shape index (κ3) is 10.7. The van der Waals surface area contributed by atoms with E-state index in [9.17, 15) is 9.59 Å². The highest BCUT2D eigenvalue weighted by atomic mass is 16.6. The number of rotatable bonds is 15. The number of hydrogen-bond acceptors (Lipinski definition) is 5. The number of hydrogen-bond donors (Lipinski definition) is 0. The molecule has 158 valence electrons. The molecule has 0 aromatic carbocycles. The van der Waals surface area contributed by atoms with Gasteiger partial charge < -0.3 is 14.2 Å². The minimum absolute atomic E-state index is 0.0309. The zero-order chi connectivity index (χ0) is 19.9. The van der Waals surface area contributed by atoms with Gasteiger partial charge in [-0.1, -0.05) is 64.7 Å². The molecule has 27 heavy (non-hydrogen) atoms. The molecule has 1 aliphatic rings. The van der Waals surface area contributed by atoms with Crippen LogP contribution in [0.4, 0.5) is 0 Å².